The van der Waals surface area contributed by atoms with Crippen LogP contribution in [0.2, 0.25) is 0 Å². The van der Waals surface area contributed by atoms with Crippen molar-refractivity contribution in [1.29, 1.82) is 0 Å². The second kappa shape index (κ2) is 7.45. The van der Waals surface area contributed by atoms with Gasteiger partial charge in [0, 0.05) is 11.8 Å². The lowest BCUT2D eigenvalue weighted by atomic mass is 9.98. The molecule has 2 rings (SSSR count). The second-order valence-corrected chi connectivity index (χ2v) is 6.11. The first-order valence-corrected chi connectivity index (χ1v) is 7.94. The average molecular weight is 303 g/mol. The second-order valence-electron chi connectivity index (χ2n) is 6.11. The summed E-state index contributed by atoms with van der Waals surface area (Å²) in [6.45, 7) is 7.23. The zero-order chi connectivity index (χ0) is 16.1. The first-order chi connectivity index (χ1) is 10.5. The number of nitrogens with one attached hydrogen (secondary N) is 1. The van der Waals surface area contributed by atoms with Crippen molar-refractivity contribution in [2.24, 2.45) is 5.92 Å². The first-order valence-electron chi connectivity index (χ1n) is 7.94. The van der Waals surface area contributed by atoms with E-state index in [1.165, 1.54) is 5.56 Å². The van der Waals surface area contributed by atoms with Crippen LogP contribution in [0, 0.1) is 12.8 Å². The molecular formula is C18H25NO3. The summed E-state index contributed by atoms with van der Waals surface area (Å²) in [5.41, 5.74) is 2.11. The van der Waals surface area contributed by atoms with Crippen LogP contribution in [0.25, 0.3) is 11.0 Å². The molecule has 2 aromatic rings. The SMILES string of the molecule is Cc1c(C(NCCCCC(=O)O)C(C)C)oc2ccccc12. The van der Waals surface area contributed by atoms with Gasteiger partial charge in [0.05, 0.1) is 6.04 Å². The van der Waals surface area contributed by atoms with Crippen LogP contribution in [-0.4, -0.2) is 17.6 Å². The molecule has 1 aromatic carbocycles. The molecule has 4 nitrogen and oxygen atoms in total. The van der Waals surface area contributed by atoms with Crippen molar-refractivity contribution in [2.75, 3.05) is 6.54 Å². The van der Waals surface area contributed by atoms with E-state index in [0.29, 0.717) is 12.3 Å². The van der Waals surface area contributed by atoms with Crippen LogP contribution in [0.3, 0.4) is 0 Å². The third kappa shape index (κ3) is 3.89. The maximum absolute atomic E-state index is 10.5. The van der Waals surface area contributed by atoms with Crippen molar-refractivity contribution in [3.63, 3.8) is 0 Å². The highest BCUT2D eigenvalue weighted by molar-refractivity contribution is 5.82. The molecule has 0 radical (unpaired) electrons. The molecule has 0 amide bonds. The zero-order valence-corrected chi connectivity index (χ0v) is 13.6. The molecule has 0 bridgehead atoms. The fraction of sp³-hybridized carbons (Fsp3) is 0.500. The number of fused-ring (bicyclic) bond motifs is 1. The van der Waals surface area contributed by atoms with E-state index in [4.69, 9.17) is 9.52 Å². The molecule has 1 aromatic heterocycles. The summed E-state index contributed by atoms with van der Waals surface area (Å²) < 4.78 is 6.06. The minimum atomic E-state index is -0.728. The minimum absolute atomic E-state index is 0.150. The molecule has 0 fully saturated rings. The fourth-order valence-corrected chi connectivity index (χ4v) is 2.78. The maximum Gasteiger partial charge on any atom is 0.303 e. The number of carboxylic acid groups (broad SMARTS) is 1. The number of aryl methyl sites for hydroxylation is 1. The van der Waals surface area contributed by atoms with Crippen molar-refractivity contribution in [3.8, 4) is 0 Å². The standard InChI is InChI=1S/C18H25NO3/c1-12(2)17(19-11-7-6-10-16(20)21)18-13(3)14-8-4-5-9-15(14)22-18/h4-5,8-9,12,17,19H,6-7,10-11H2,1-3H3,(H,20,21). The number of para-hydroxylation sites is 1. The van der Waals surface area contributed by atoms with Crippen molar-refractivity contribution >= 4 is 16.9 Å². The van der Waals surface area contributed by atoms with E-state index in [1.54, 1.807) is 0 Å². The lowest BCUT2D eigenvalue weighted by Gasteiger charge is -2.21. The number of benzene rings is 1. The molecule has 1 atom stereocenters. The van der Waals surface area contributed by atoms with Gasteiger partial charge in [0.2, 0.25) is 0 Å². The number of hydrogen-bond acceptors (Lipinski definition) is 3. The summed E-state index contributed by atoms with van der Waals surface area (Å²) in [5.74, 6) is 0.668. The van der Waals surface area contributed by atoms with E-state index >= 15 is 0 Å². The number of furan rings is 1. The molecule has 0 aliphatic rings. The number of aliphatic carboxylic acids is 1. The molecule has 120 valence electrons. The Kier molecular flexibility index (Phi) is 5.61. The smallest absolute Gasteiger partial charge is 0.303 e. The third-order valence-electron chi connectivity index (χ3n) is 4.01. The van der Waals surface area contributed by atoms with Gasteiger partial charge in [-0.15, -0.1) is 0 Å². The Bertz CT molecular complexity index is 630. The van der Waals surface area contributed by atoms with Crippen molar-refractivity contribution in [1.82, 2.24) is 5.32 Å². The Morgan fingerprint density at radius 2 is 2.00 bits per heavy atom. The average Bonchev–Trinajstić information content (AvgIpc) is 2.79. The molecule has 0 aliphatic carbocycles. The molecule has 1 unspecified atom stereocenters. The van der Waals surface area contributed by atoms with Gasteiger partial charge in [0.15, 0.2) is 0 Å². The quantitative estimate of drug-likeness (QED) is 0.714. The highest BCUT2D eigenvalue weighted by Gasteiger charge is 2.22. The van der Waals surface area contributed by atoms with Crippen LogP contribution in [0.5, 0.6) is 0 Å². The summed E-state index contributed by atoms with van der Waals surface area (Å²) in [5, 5.41) is 13.4. The molecule has 2 N–H and O–H groups in total. The lowest BCUT2D eigenvalue weighted by Crippen LogP contribution is -2.27. The number of rotatable bonds is 8. The molecule has 0 aliphatic heterocycles. The van der Waals surface area contributed by atoms with Gasteiger partial charge in [-0.25, -0.2) is 0 Å². The van der Waals surface area contributed by atoms with E-state index < -0.39 is 5.97 Å². The molecule has 0 spiro atoms. The number of carbonyl (C=O) groups is 1. The van der Waals surface area contributed by atoms with E-state index in [2.05, 4.69) is 32.2 Å². The van der Waals surface area contributed by atoms with E-state index in [0.717, 1.165) is 29.7 Å². The normalized spacial score (nSPS) is 12.9. The molecular weight excluding hydrogens is 278 g/mol. The predicted octanol–water partition coefficient (Wildman–Crippen LogP) is 4.28. The van der Waals surface area contributed by atoms with Gasteiger partial charge < -0.3 is 14.8 Å². The topological polar surface area (TPSA) is 62.5 Å². The Hall–Kier alpha value is -1.81. The summed E-state index contributed by atoms with van der Waals surface area (Å²) in [6.07, 6.45) is 1.79. The maximum atomic E-state index is 10.5. The van der Waals surface area contributed by atoms with Crippen molar-refractivity contribution < 1.29 is 14.3 Å². The van der Waals surface area contributed by atoms with Gasteiger partial charge in [-0.3, -0.25) is 4.79 Å². The van der Waals surface area contributed by atoms with Crippen LogP contribution in [0.1, 0.15) is 50.5 Å². The summed E-state index contributed by atoms with van der Waals surface area (Å²) >= 11 is 0. The Labute approximate surface area is 131 Å². The van der Waals surface area contributed by atoms with Gasteiger partial charge in [0.1, 0.15) is 11.3 Å². The van der Waals surface area contributed by atoms with Gasteiger partial charge >= 0.3 is 5.97 Å². The van der Waals surface area contributed by atoms with Crippen LogP contribution >= 0.6 is 0 Å². The Morgan fingerprint density at radius 3 is 2.64 bits per heavy atom. The van der Waals surface area contributed by atoms with Crippen molar-refractivity contribution in [3.05, 3.63) is 35.6 Å². The van der Waals surface area contributed by atoms with Gasteiger partial charge in [-0.1, -0.05) is 32.0 Å². The molecule has 22 heavy (non-hydrogen) atoms. The van der Waals surface area contributed by atoms with E-state index in [-0.39, 0.29) is 12.5 Å². The summed E-state index contributed by atoms with van der Waals surface area (Å²) in [6, 6.07) is 8.24. The lowest BCUT2D eigenvalue weighted by molar-refractivity contribution is -0.137. The number of carboxylic acids is 1. The minimum Gasteiger partial charge on any atom is -0.481 e. The van der Waals surface area contributed by atoms with E-state index in [9.17, 15) is 4.79 Å². The molecule has 0 saturated carbocycles. The summed E-state index contributed by atoms with van der Waals surface area (Å²) in [4.78, 5) is 10.5. The predicted molar refractivity (Wildman–Crippen MR) is 88.0 cm³/mol. The Balaban J connectivity index is 2.06. The van der Waals surface area contributed by atoms with Gasteiger partial charge in [-0.2, -0.15) is 0 Å². The number of hydrogen-bond donors (Lipinski definition) is 2. The highest BCUT2D eigenvalue weighted by Crippen LogP contribution is 2.32. The molecule has 4 heteroatoms. The van der Waals surface area contributed by atoms with Crippen LogP contribution < -0.4 is 5.32 Å². The fourth-order valence-electron chi connectivity index (χ4n) is 2.78. The number of unbranched alkanes of at least 4 members (excludes halogenated alkanes) is 1. The molecule has 1 heterocycles. The van der Waals surface area contributed by atoms with Crippen LogP contribution in [0.15, 0.2) is 28.7 Å². The van der Waals surface area contributed by atoms with Gasteiger partial charge in [-0.05, 0) is 43.9 Å². The van der Waals surface area contributed by atoms with Crippen LogP contribution in [0.4, 0.5) is 0 Å². The highest BCUT2D eigenvalue weighted by atomic mass is 16.4. The zero-order valence-electron chi connectivity index (χ0n) is 13.6. The van der Waals surface area contributed by atoms with Gasteiger partial charge in [0.25, 0.3) is 0 Å². The molecule has 0 saturated heterocycles. The third-order valence-corrected chi connectivity index (χ3v) is 4.01. The van der Waals surface area contributed by atoms with Crippen molar-refractivity contribution in [2.45, 2.75) is 46.1 Å². The monoisotopic (exact) mass is 303 g/mol. The van der Waals surface area contributed by atoms with E-state index in [1.807, 2.05) is 18.2 Å². The first kappa shape index (κ1) is 16.6. The van der Waals surface area contributed by atoms with Crippen LogP contribution in [-0.2, 0) is 4.79 Å². The Morgan fingerprint density at radius 1 is 1.27 bits per heavy atom. The summed E-state index contributed by atoms with van der Waals surface area (Å²) in [7, 11) is 0. The largest absolute Gasteiger partial charge is 0.481 e.